The molecule has 1 heterocycles. The number of fused-ring (bicyclic) bond motifs is 1. The van der Waals surface area contributed by atoms with Crippen LogP contribution in [0.25, 0.3) is 10.9 Å². The topological polar surface area (TPSA) is 60.3 Å². The van der Waals surface area contributed by atoms with E-state index in [9.17, 15) is 9.59 Å². The van der Waals surface area contributed by atoms with Gasteiger partial charge < -0.3 is 14.6 Å². The number of hydrogen-bond acceptors (Lipinski definition) is 4. The minimum atomic E-state index is -0.233. The minimum absolute atomic E-state index is 0.126. The van der Waals surface area contributed by atoms with Gasteiger partial charge in [-0.2, -0.15) is 0 Å². The highest BCUT2D eigenvalue weighted by atomic mass is 35.5. The summed E-state index contributed by atoms with van der Waals surface area (Å²) in [5.74, 6) is 0.412. The maximum Gasteiger partial charge on any atom is 0.251 e. The molecule has 0 aliphatic heterocycles. The summed E-state index contributed by atoms with van der Waals surface area (Å²) in [6.45, 7) is 0. The van der Waals surface area contributed by atoms with Crippen LogP contribution in [-0.4, -0.2) is 23.3 Å². The van der Waals surface area contributed by atoms with E-state index in [1.54, 1.807) is 37.4 Å². The molecule has 0 saturated heterocycles. The molecule has 3 rings (SSSR count). The standard InChI is InChI=1S/C19H16Cl2N2O3S/c1-23-15-8-12(21)3-5-13(15)17(9-19(23)25)27-10-18(24)22-14-7-11(20)4-6-16(14)26-2/h3-9H,10H2,1-2H3,(H,22,24). The Labute approximate surface area is 170 Å². The van der Waals surface area contributed by atoms with Crippen LogP contribution in [0.15, 0.2) is 52.2 Å². The number of amides is 1. The number of aryl methyl sites for hydroxylation is 1. The number of carbonyl (C=O) groups excluding carboxylic acids is 1. The van der Waals surface area contributed by atoms with Crippen molar-refractivity contribution in [2.24, 2.45) is 7.05 Å². The molecule has 2 aromatic carbocycles. The lowest BCUT2D eigenvalue weighted by molar-refractivity contribution is -0.113. The highest BCUT2D eigenvalue weighted by Gasteiger charge is 2.12. The number of thioether (sulfide) groups is 1. The monoisotopic (exact) mass is 422 g/mol. The Morgan fingerprint density at radius 2 is 1.85 bits per heavy atom. The average molecular weight is 423 g/mol. The molecule has 1 N–H and O–H groups in total. The number of methoxy groups -OCH3 is 1. The van der Waals surface area contributed by atoms with E-state index in [4.69, 9.17) is 27.9 Å². The van der Waals surface area contributed by atoms with E-state index in [0.717, 1.165) is 15.8 Å². The van der Waals surface area contributed by atoms with Gasteiger partial charge in [0.15, 0.2) is 0 Å². The number of benzene rings is 2. The van der Waals surface area contributed by atoms with Gasteiger partial charge in [0, 0.05) is 33.4 Å². The van der Waals surface area contributed by atoms with E-state index in [1.165, 1.54) is 29.5 Å². The fourth-order valence-electron chi connectivity index (χ4n) is 2.62. The van der Waals surface area contributed by atoms with E-state index < -0.39 is 0 Å². The Morgan fingerprint density at radius 3 is 2.59 bits per heavy atom. The zero-order valence-electron chi connectivity index (χ0n) is 14.6. The van der Waals surface area contributed by atoms with Gasteiger partial charge >= 0.3 is 0 Å². The Morgan fingerprint density at radius 1 is 1.15 bits per heavy atom. The Kier molecular flexibility index (Phi) is 5.99. The molecule has 8 heteroatoms. The van der Waals surface area contributed by atoms with Crippen LogP contribution in [0.5, 0.6) is 5.75 Å². The largest absolute Gasteiger partial charge is 0.495 e. The molecule has 0 bridgehead atoms. The molecule has 0 spiro atoms. The molecule has 140 valence electrons. The predicted molar refractivity (Wildman–Crippen MR) is 112 cm³/mol. The molecule has 0 fully saturated rings. The SMILES string of the molecule is COc1ccc(Cl)cc1NC(=O)CSc1cc(=O)n(C)c2cc(Cl)ccc12. The molecule has 5 nitrogen and oxygen atoms in total. The third-order valence-corrected chi connectivity index (χ3v) is 5.49. The van der Waals surface area contributed by atoms with Crippen molar-refractivity contribution in [2.45, 2.75) is 4.90 Å². The van der Waals surface area contributed by atoms with Crippen LogP contribution in [0.1, 0.15) is 0 Å². The Balaban J connectivity index is 1.81. The second-order valence-electron chi connectivity index (χ2n) is 5.75. The lowest BCUT2D eigenvalue weighted by Crippen LogP contribution is -2.17. The predicted octanol–water partition coefficient (Wildman–Crippen LogP) is 4.58. The summed E-state index contributed by atoms with van der Waals surface area (Å²) in [6.07, 6.45) is 0. The van der Waals surface area contributed by atoms with Gasteiger partial charge in [-0.15, -0.1) is 11.8 Å². The number of anilines is 1. The molecule has 3 aromatic rings. The van der Waals surface area contributed by atoms with Crippen molar-refractivity contribution in [1.29, 1.82) is 0 Å². The molecule has 0 unspecified atom stereocenters. The summed E-state index contributed by atoms with van der Waals surface area (Å²) >= 11 is 13.3. The van der Waals surface area contributed by atoms with Gasteiger partial charge in [0.05, 0.1) is 24.1 Å². The van der Waals surface area contributed by atoms with Gasteiger partial charge in [-0.1, -0.05) is 29.3 Å². The van der Waals surface area contributed by atoms with Crippen LogP contribution in [0, 0.1) is 0 Å². The lowest BCUT2D eigenvalue weighted by Gasteiger charge is -2.12. The first kappa shape index (κ1) is 19.6. The third kappa shape index (κ3) is 4.40. The van der Waals surface area contributed by atoms with Gasteiger partial charge in [0.1, 0.15) is 5.75 Å². The van der Waals surface area contributed by atoms with Crippen LogP contribution < -0.4 is 15.6 Å². The van der Waals surface area contributed by atoms with Crippen LogP contribution in [-0.2, 0) is 11.8 Å². The zero-order valence-corrected chi connectivity index (χ0v) is 16.9. The Bertz CT molecular complexity index is 1080. The van der Waals surface area contributed by atoms with Crippen molar-refractivity contribution in [1.82, 2.24) is 4.57 Å². The first-order valence-electron chi connectivity index (χ1n) is 7.94. The average Bonchev–Trinajstić information content (AvgIpc) is 2.64. The van der Waals surface area contributed by atoms with Gasteiger partial charge in [-0.25, -0.2) is 0 Å². The van der Waals surface area contributed by atoms with Crippen molar-refractivity contribution >= 4 is 57.5 Å². The van der Waals surface area contributed by atoms with Gasteiger partial charge in [0.25, 0.3) is 5.56 Å². The van der Waals surface area contributed by atoms with E-state index in [-0.39, 0.29) is 17.2 Å². The molecule has 0 aliphatic rings. The number of pyridine rings is 1. The summed E-state index contributed by atoms with van der Waals surface area (Å²) in [7, 11) is 3.21. The van der Waals surface area contributed by atoms with Gasteiger partial charge in [-0.3, -0.25) is 9.59 Å². The van der Waals surface area contributed by atoms with Crippen LogP contribution in [0.4, 0.5) is 5.69 Å². The number of halogens is 2. The summed E-state index contributed by atoms with van der Waals surface area (Å²) < 4.78 is 6.75. The fraction of sp³-hybridized carbons (Fsp3) is 0.158. The Hall–Kier alpha value is -2.15. The number of rotatable bonds is 5. The van der Waals surface area contributed by atoms with Crippen molar-refractivity contribution in [3.8, 4) is 5.75 Å². The maximum absolute atomic E-state index is 12.4. The zero-order chi connectivity index (χ0) is 19.6. The second kappa shape index (κ2) is 8.25. The van der Waals surface area contributed by atoms with Crippen molar-refractivity contribution < 1.29 is 9.53 Å². The van der Waals surface area contributed by atoms with Crippen molar-refractivity contribution in [3.05, 3.63) is 62.9 Å². The van der Waals surface area contributed by atoms with E-state index in [0.29, 0.717) is 21.5 Å². The minimum Gasteiger partial charge on any atom is -0.495 e. The van der Waals surface area contributed by atoms with Gasteiger partial charge in [-0.05, 0) is 30.3 Å². The number of nitrogens with zero attached hydrogens (tertiary/aromatic N) is 1. The van der Waals surface area contributed by atoms with Crippen molar-refractivity contribution in [3.63, 3.8) is 0 Å². The molecular formula is C19H16Cl2N2O3S. The molecule has 1 amide bonds. The molecule has 0 aliphatic carbocycles. The summed E-state index contributed by atoms with van der Waals surface area (Å²) in [5, 5.41) is 4.68. The molecule has 0 saturated carbocycles. The van der Waals surface area contributed by atoms with E-state index in [2.05, 4.69) is 5.32 Å². The van der Waals surface area contributed by atoms with Crippen LogP contribution in [0.2, 0.25) is 10.0 Å². The number of ether oxygens (including phenoxy) is 1. The summed E-state index contributed by atoms with van der Waals surface area (Å²) in [5.41, 5.74) is 1.05. The molecule has 1 aromatic heterocycles. The summed E-state index contributed by atoms with van der Waals surface area (Å²) in [6, 6.07) is 11.9. The quantitative estimate of drug-likeness (QED) is 0.610. The lowest BCUT2D eigenvalue weighted by atomic mass is 10.2. The van der Waals surface area contributed by atoms with E-state index >= 15 is 0 Å². The fourth-order valence-corrected chi connectivity index (χ4v) is 3.83. The molecule has 0 atom stereocenters. The van der Waals surface area contributed by atoms with Crippen LogP contribution >= 0.6 is 35.0 Å². The molecule has 0 radical (unpaired) electrons. The number of carbonyl (C=O) groups is 1. The molecule has 27 heavy (non-hydrogen) atoms. The number of aromatic nitrogens is 1. The maximum atomic E-state index is 12.4. The highest BCUT2D eigenvalue weighted by molar-refractivity contribution is 8.00. The third-order valence-electron chi connectivity index (χ3n) is 3.97. The highest BCUT2D eigenvalue weighted by Crippen LogP contribution is 2.30. The number of hydrogen-bond donors (Lipinski definition) is 1. The smallest absolute Gasteiger partial charge is 0.251 e. The van der Waals surface area contributed by atoms with Crippen LogP contribution in [0.3, 0.4) is 0 Å². The first-order valence-corrected chi connectivity index (χ1v) is 9.68. The first-order chi connectivity index (χ1) is 12.9. The molecular weight excluding hydrogens is 407 g/mol. The van der Waals surface area contributed by atoms with E-state index in [1.807, 2.05) is 6.07 Å². The second-order valence-corrected chi connectivity index (χ2v) is 7.64. The van der Waals surface area contributed by atoms with Gasteiger partial charge in [0.2, 0.25) is 5.91 Å². The number of nitrogens with one attached hydrogen (secondary N) is 1. The normalized spacial score (nSPS) is 10.8. The van der Waals surface area contributed by atoms with Crippen molar-refractivity contribution in [2.75, 3.05) is 18.2 Å². The summed E-state index contributed by atoms with van der Waals surface area (Å²) in [4.78, 5) is 25.3.